The number of anilines is 1. The van der Waals surface area contributed by atoms with Crippen LogP contribution in [-0.2, 0) is 12.6 Å². The second-order valence-corrected chi connectivity index (χ2v) is 5.55. The molecule has 0 saturated heterocycles. The number of hydrogen-bond acceptors (Lipinski definition) is 4. The van der Waals surface area contributed by atoms with Crippen LogP contribution < -0.4 is 5.32 Å². The summed E-state index contributed by atoms with van der Waals surface area (Å²) in [5.41, 5.74) is -0.540. The first-order valence-corrected chi connectivity index (χ1v) is 7.79. The molecule has 0 radical (unpaired) electrons. The zero-order chi connectivity index (χ0) is 18.9. The highest BCUT2D eigenvalue weighted by Gasteiger charge is 2.35. The van der Waals surface area contributed by atoms with Crippen LogP contribution in [0.3, 0.4) is 0 Å². The number of nitrogens with one attached hydrogen (secondary N) is 1. The standard InChI is InChI=1S/C17H15F3N4O2/c1-3-13-15(10(2)26-23-13)16(25)22-14-6-5-11(24-8-4-7-21-24)9-12(14)17(18,19)20/h4-9H,3H2,1-2H3,(H,22,25). The maximum Gasteiger partial charge on any atom is 0.418 e. The maximum absolute atomic E-state index is 13.5. The van der Waals surface area contributed by atoms with Crippen LogP contribution in [0, 0.1) is 6.92 Å². The third-order valence-electron chi connectivity index (χ3n) is 3.82. The molecular weight excluding hydrogens is 349 g/mol. The van der Waals surface area contributed by atoms with Gasteiger partial charge in [-0.25, -0.2) is 4.68 Å². The van der Waals surface area contributed by atoms with E-state index in [4.69, 9.17) is 4.52 Å². The average Bonchev–Trinajstić information content (AvgIpc) is 3.23. The number of hydrogen-bond donors (Lipinski definition) is 1. The molecule has 136 valence electrons. The minimum Gasteiger partial charge on any atom is -0.361 e. The van der Waals surface area contributed by atoms with Gasteiger partial charge in [0.05, 0.1) is 22.6 Å². The van der Waals surface area contributed by atoms with Crippen LogP contribution in [0.4, 0.5) is 18.9 Å². The van der Waals surface area contributed by atoms with Crippen molar-refractivity contribution in [3.8, 4) is 5.69 Å². The highest BCUT2D eigenvalue weighted by atomic mass is 19.4. The minimum absolute atomic E-state index is 0.150. The second kappa shape index (κ2) is 6.66. The fourth-order valence-corrected chi connectivity index (χ4v) is 2.57. The minimum atomic E-state index is -4.65. The Bertz CT molecular complexity index is 930. The van der Waals surface area contributed by atoms with Gasteiger partial charge in [-0.3, -0.25) is 4.79 Å². The van der Waals surface area contributed by atoms with Gasteiger partial charge in [0.2, 0.25) is 0 Å². The lowest BCUT2D eigenvalue weighted by Crippen LogP contribution is -2.18. The van der Waals surface area contributed by atoms with E-state index in [1.54, 1.807) is 13.0 Å². The van der Waals surface area contributed by atoms with Gasteiger partial charge in [-0.1, -0.05) is 12.1 Å². The monoisotopic (exact) mass is 364 g/mol. The zero-order valence-corrected chi connectivity index (χ0v) is 14.0. The van der Waals surface area contributed by atoms with Gasteiger partial charge in [-0.05, 0) is 37.6 Å². The number of amides is 1. The van der Waals surface area contributed by atoms with Gasteiger partial charge in [0.25, 0.3) is 5.91 Å². The van der Waals surface area contributed by atoms with Gasteiger partial charge < -0.3 is 9.84 Å². The van der Waals surface area contributed by atoms with Gasteiger partial charge in [0, 0.05) is 12.4 Å². The number of halogens is 3. The predicted molar refractivity (Wildman–Crippen MR) is 87.1 cm³/mol. The van der Waals surface area contributed by atoms with Crippen LogP contribution in [0.25, 0.3) is 5.69 Å². The summed E-state index contributed by atoms with van der Waals surface area (Å²) in [5, 5.41) is 9.98. The number of carbonyl (C=O) groups excluding carboxylic acids is 1. The van der Waals surface area contributed by atoms with Crippen molar-refractivity contribution in [1.29, 1.82) is 0 Å². The van der Waals surface area contributed by atoms with Crippen LogP contribution in [-0.4, -0.2) is 20.8 Å². The van der Waals surface area contributed by atoms with Crippen molar-refractivity contribution in [1.82, 2.24) is 14.9 Å². The van der Waals surface area contributed by atoms with Crippen LogP contribution in [0.2, 0.25) is 0 Å². The van der Waals surface area contributed by atoms with E-state index >= 15 is 0 Å². The highest BCUT2D eigenvalue weighted by Crippen LogP contribution is 2.36. The van der Waals surface area contributed by atoms with Crippen molar-refractivity contribution < 1.29 is 22.5 Å². The van der Waals surface area contributed by atoms with E-state index in [0.717, 1.165) is 6.07 Å². The molecule has 0 aliphatic carbocycles. The first-order chi connectivity index (χ1) is 12.3. The lowest BCUT2D eigenvalue weighted by atomic mass is 10.1. The molecule has 0 atom stereocenters. The van der Waals surface area contributed by atoms with Gasteiger partial charge in [0.1, 0.15) is 11.3 Å². The maximum atomic E-state index is 13.5. The molecule has 0 aliphatic rings. The Morgan fingerprint density at radius 3 is 2.73 bits per heavy atom. The molecule has 1 amide bonds. The highest BCUT2D eigenvalue weighted by molar-refractivity contribution is 6.06. The molecule has 0 unspecified atom stereocenters. The normalized spacial score (nSPS) is 11.6. The summed E-state index contributed by atoms with van der Waals surface area (Å²) in [6.45, 7) is 3.31. The number of carbonyl (C=O) groups is 1. The van der Waals surface area contributed by atoms with Crippen molar-refractivity contribution in [3.63, 3.8) is 0 Å². The lowest BCUT2D eigenvalue weighted by Gasteiger charge is -2.15. The smallest absolute Gasteiger partial charge is 0.361 e. The molecule has 6 nitrogen and oxygen atoms in total. The van der Waals surface area contributed by atoms with Crippen LogP contribution in [0.1, 0.15) is 34.3 Å². The number of alkyl halides is 3. The SMILES string of the molecule is CCc1noc(C)c1C(=O)Nc1ccc(-n2cccn2)cc1C(F)(F)F. The summed E-state index contributed by atoms with van der Waals surface area (Å²) >= 11 is 0. The lowest BCUT2D eigenvalue weighted by molar-refractivity contribution is -0.136. The van der Waals surface area contributed by atoms with Crippen molar-refractivity contribution in [2.24, 2.45) is 0 Å². The first-order valence-electron chi connectivity index (χ1n) is 7.79. The van der Waals surface area contributed by atoms with Crippen molar-refractivity contribution in [2.75, 3.05) is 5.32 Å². The number of aryl methyl sites for hydroxylation is 2. The first kappa shape index (κ1) is 17.7. The molecule has 2 aromatic heterocycles. The summed E-state index contributed by atoms with van der Waals surface area (Å²) in [6.07, 6.45) is -1.24. The van der Waals surface area contributed by atoms with E-state index < -0.39 is 17.6 Å². The third kappa shape index (κ3) is 3.32. The molecular formula is C17H15F3N4O2. The molecule has 26 heavy (non-hydrogen) atoms. The Balaban J connectivity index is 1.99. The van der Waals surface area contributed by atoms with E-state index in [9.17, 15) is 18.0 Å². The molecule has 1 aromatic carbocycles. The van der Waals surface area contributed by atoms with Gasteiger partial charge in [-0.15, -0.1) is 0 Å². The Morgan fingerprint density at radius 1 is 1.35 bits per heavy atom. The molecule has 0 spiro atoms. The number of aromatic nitrogens is 3. The average molecular weight is 364 g/mol. The van der Waals surface area contributed by atoms with Crippen molar-refractivity contribution in [2.45, 2.75) is 26.4 Å². The fraction of sp³-hybridized carbons (Fsp3) is 0.235. The van der Waals surface area contributed by atoms with E-state index in [-0.39, 0.29) is 22.7 Å². The molecule has 0 aliphatic heterocycles. The van der Waals surface area contributed by atoms with E-state index in [1.807, 2.05) is 0 Å². The largest absolute Gasteiger partial charge is 0.418 e. The van der Waals surface area contributed by atoms with Crippen LogP contribution in [0.15, 0.2) is 41.2 Å². The molecule has 1 N–H and O–H groups in total. The molecule has 0 fully saturated rings. The molecule has 2 heterocycles. The van der Waals surface area contributed by atoms with Crippen molar-refractivity contribution in [3.05, 3.63) is 59.2 Å². The summed E-state index contributed by atoms with van der Waals surface area (Å²) in [6, 6.07) is 5.18. The van der Waals surface area contributed by atoms with E-state index in [0.29, 0.717) is 12.1 Å². The Morgan fingerprint density at radius 2 is 2.12 bits per heavy atom. The Hall–Kier alpha value is -3.10. The number of benzene rings is 1. The topological polar surface area (TPSA) is 73.0 Å². The third-order valence-corrected chi connectivity index (χ3v) is 3.82. The van der Waals surface area contributed by atoms with Crippen LogP contribution in [0.5, 0.6) is 0 Å². The van der Waals surface area contributed by atoms with Gasteiger partial charge in [0.15, 0.2) is 0 Å². The summed E-state index contributed by atoms with van der Waals surface area (Å²) in [5.74, 6) is -0.445. The van der Waals surface area contributed by atoms with E-state index in [1.165, 1.54) is 36.1 Å². The van der Waals surface area contributed by atoms with E-state index in [2.05, 4.69) is 15.6 Å². The Labute approximate surface area is 146 Å². The van der Waals surface area contributed by atoms with Crippen LogP contribution >= 0.6 is 0 Å². The fourth-order valence-electron chi connectivity index (χ4n) is 2.57. The number of rotatable bonds is 4. The Kier molecular flexibility index (Phi) is 4.54. The predicted octanol–water partition coefficient (Wildman–Crippen LogP) is 4.00. The molecule has 0 bridgehead atoms. The molecule has 0 saturated carbocycles. The quantitative estimate of drug-likeness (QED) is 0.759. The summed E-state index contributed by atoms with van der Waals surface area (Å²) in [7, 11) is 0. The second-order valence-electron chi connectivity index (χ2n) is 5.55. The molecule has 9 heteroatoms. The molecule has 3 rings (SSSR count). The van der Waals surface area contributed by atoms with Gasteiger partial charge >= 0.3 is 6.18 Å². The number of nitrogens with zero attached hydrogens (tertiary/aromatic N) is 3. The summed E-state index contributed by atoms with van der Waals surface area (Å²) < 4.78 is 46.7. The zero-order valence-electron chi connectivity index (χ0n) is 14.0. The van der Waals surface area contributed by atoms with Crippen molar-refractivity contribution >= 4 is 11.6 Å². The van der Waals surface area contributed by atoms with Gasteiger partial charge in [-0.2, -0.15) is 18.3 Å². The molecule has 3 aromatic rings. The summed E-state index contributed by atoms with van der Waals surface area (Å²) in [4.78, 5) is 12.5.